The number of aromatic nitrogens is 2. The number of halogens is 1. The maximum absolute atomic E-state index is 13.2. The van der Waals surface area contributed by atoms with Crippen LogP contribution in [0.1, 0.15) is 49.2 Å². The lowest BCUT2D eigenvalue weighted by molar-refractivity contribution is 0.269. The molecule has 180 valence electrons. The van der Waals surface area contributed by atoms with Gasteiger partial charge in [-0.15, -0.1) is 0 Å². The van der Waals surface area contributed by atoms with Crippen LogP contribution in [-0.4, -0.2) is 22.5 Å². The highest BCUT2D eigenvalue weighted by Crippen LogP contribution is 2.29. The standard InChI is InChI=1S/C28H28BrN3O3/c1-5-34-26-14-21(10-13-25(26)35-17-20-8-6-19(4)7-9-20)16-30-32-27(18(2)3)31-24-12-11-22(29)15-23(24)28(32)33/h6-16,18H,5,17H2,1-4H3. The van der Waals surface area contributed by atoms with Crippen LogP contribution in [0.4, 0.5) is 0 Å². The second-order valence-corrected chi connectivity index (χ2v) is 9.48. The average molecular weight is 534 g/mol. The Bertz CT molecular complexity index is 1430. The summed E-state index contributed by atoms with van der Waals surface area (Å²) >= 11 is 3.43. The van der Waals surface area contributed by atoms with E-state index in [4.69, 9.17) is 14.5 Å². The monoisotopic (exact) mass is 533 g/mol. The van der Waals surface area contributed by atoms with Crippen molar-refractivity contribution >= 4 is 33.0 Å². The van der Waals surface area contributed by atoms with E-state index in [1.807, 2.05) is 51.1 Å². The number of aryl methyl sites for hydroxylation is 1. The van der Waals surface area contributed by atoms with Gasteiger partial charge in [0.2, 0.25) is 0 Å². The Kier molecular flexibility index (Phi) is 7.66. The Balaban J connectivity index is 1.65. The molecule has 3 aromatic carbocycles. The predicted molar refractivity (Wildman–Crippen MR) is 144 cm³/mol. The topological polar surface area (TPSA) is 65.7 Å². The van der Waals surface area contributed by atoms with Gasteiger partial charge in [-0.2, -0.15) is 9.78 Å². The van der Waals surface area contributed by atoms with Crippen molar-refractivity contribution in [2.75, 3.05) is 6.61 Å². The number of rotatable bonds is 8. The summed E-state index contributed by atoms with van der Waals surface area (Å²) in [5, 5.41) is 5.02. The summed E-state index contributed by atoms with van der Waals surface area (Å²) in [5.74, 6) is 1.90. The van der Waals surface area contributed by atoms with Gasteiger partial charge in [0.05, 0.1) is 23.7 Å². The molecular formula is C28H28BrN3O3. The van der Waals surface area contributed by atoms with E-state index in [1.54, 1.807) is 12.3 Å². The Labute approximate surface area is 213 Å². The first-order valence-electron chi connectivity index (χ1n) is 11.6. The molecule has 0 N–H and O–H groups in total. The summed E-state index contributed by atoms with van der Waals surface area (Å²) < 4.78 is 14.0. The first-order chi connectivity index (χ1) is 16.9. The van der Waals surface area contributed by atoms with Gasteiger partial charge < -0.3 is 9.47 Å². The van der Waals surface area contributed by atoms with Crippen molar-refractivity contribution in [3.8, 4) is 11.5 Å². The molecule has 0 aliphatic heterocycles. The molecule has 0 saturated carbocycles. The van der Waals surface area contributed by atoms with Crippen LogP contribution in [0.3, 0.4) is 0 Å². The summed E-state index contributed by atoms with van der Waals surface area (Å²) in [6.45, 7) is 8.92. The lowest BCUT2D eigenvalue weighted by Gasteiger charge is -2.13. The summed E-state index contributed by atoms with van der Waals surface area (Å²) in [6, 6.07) is 19.3. The molecule has 0 atom stereocenters. The number of nitrogens with zero attached hydrogens (tertiary/aromatic N) is 3. The van der Waals surface area contributed by atoms with Gasteiger partial charge in [0.15, 0.2) is 11.5 Å². The minimum Gasteiger partial charge on any atom is -0.490 e. The van der Waals surface area contributed by atoms with Gasteiger partial charge in [0.1, 0.15) is 12.4 Å². The molecule has 0 amide bonds. The van der Waals surface area contributed by atoms with Crippen LogP contribution < -0.4 is 15.0 Å². The van der Waals surface area contributed by atoms with Gasteiger partial charge in [-0.25, -0.2) is 4.98 Å². The third-order valence-corrected chi connectivity index (χ3v) is 5.95. The number of hydrogen-bond acceptors (Lipinski definition) is 5. The van der Waals surface area contributed by atoms with Crippen LogP contribution in [0.2, 0.25) is 0 Å². The van der Waals surface area contributed by atoms with E-state index >= 15 is 0 Å². The van der Waals surface area contributed by atoms with Crippen LogP contribution in [0.5, 0.6) is 11.5 Å². The molecule has 0 saturated heterocycles. The van der Waals surface area contributed by atoms with Crippen molar-refractivity contribution in [3.05, 3.63) is 98.0 Å². The largest absolute Gasteiger partial charge is 0.490 e. The molecule has 0 radical (unpaired) electrons. The quantitative estimate of drug-likeness (QED) is 0.244. The minimum atomic E-state index is -0.209. The van der Waals surface area contributed by atoms with Gasteiger partial charge in [-0.1, -0.05) is 59.6 Å². The first kappa shape index (κ1) is 24.7. The summed E-state index contributed by atoms with van der Waals surface area (Å²) in [7, 11) is 0. The van der Waals surface area contributed by atoms with Crippen LogP contribution in [0.25, 0.3) is 10.9 Å². The molecular weight excluding hydrogens is 506 g/mol. The van der Waals surface area contributed by atoms with E-state index in [-0.39, 0.29) is 11.5 Å². The molecule has 0 spiro atoms. The molecule has 0 aliphatic carbocycles. The first-order valence-corrected chi connectivity index (χ1v) is 12.4. The number of hydrogen-bond donors (Lipinski definition) is 0. The lowest BCUT2D eigenvalue weighted by Crippen LogP contribution is -2.23. The zero-order valence-corrected chi connectivity index (χ0v) is 21.9. The van der Waals surface area contributed by atoms with Crippen molar-refractivity contribution in [1.82, 2.24) is 9.66 Å². The van der Waals surface area contributed by atoms with E-state index in [0.29, 0.717) is 41.4 Å². The van der Waals surface area contributed by atoms with E-state index in [0.717, 1.165) is 15.6 Å². The van der Waals surface area contributed by atoms with Crippen molar-refractivity contribution in [3.63, 3.8) is 0 Å². The van der Waals surface area contributed by atoms with Gasteiger partial charge in [-0.05, 0) is 61.4 Å². The molecule has 0 unspecified atom stereocenters. The molecule has 1 heterocycles. The summed E-state index contributed by atoms with van der Waals surface area (Å²) in [4.78, 5) is 17.9. The highest BCUT2D eigenvalue weighted by Gasteiger charge is 2.14. The second kappa shape index (κ2) is 10.9. The van der Waals surface area contributed by atoms with Crippen LogP contribution in [0.15, 0.2) is 75.0 Å². The average Bonchev–Trinajstić information content (AvgIpc) is 2.84. The summed E-state index contributed by atoms with van der Waals surface area (Å²) in [6.07, 6.45) is 1.64. The Morgan fingerprint density at radius 3 is 2.51 bits per heavy atom. The van der Waals surface area contributed by atoms with Gasteiger partial charge >= 0.3 is 0 Å². The number of ether oxygens (including phenoxy) is 2. The molecule has 0 fully saturated rings. The highest BCUT2D eigenvalue weighted by molar-refractivity contribution is 9.10. The van der Waals surface area contributed by atoms with Gasteiger partial charge in [0, 0.05) is 10.4 Å². The van der Waals surface area contributed by atoms with E-state index in [1.165, 1.54) is 10.2 Å². The summed E-state index contributed by atoms with van der Waals surface area (Å²) in [5.41, 5.74) is 3.52. The van der Waals surface area contributed by atoms with Crippen molar-refractivity contribution in [1.29, 1.82) is 0 Å². The third kappa shape index (κ3) is 5.80. The van der Waals surface area contributed by atoms with E-state index < -0.39 is 0 Å². The van der Waals surface area contributed by atoms with E-state index in [2.05, 4.69) is 52.2 Å². The van der Waals surface area contributed by atoms with Crippen LogP contribution >= 0.6 is 15.9 Å². The van der Waals surface area contributed by atoms with Gasteiger partial charge in [0.25, 0.3) is 5.56 Å². The highest BCUT2D eigenvalue weighted by atomic mass is 79.9. The maximum atomic E-state index is 13.2. The SMILES string of the molecule is CCOc1cc(C=Nn2c(C(C)C)nc3ccc(Br)cc3c2=O)ccc1OCc1ccc(C)cc1. The molecule has 0 bridgehead atoms. The number of benzene rings is 3. The Morgan fingerprint density at radius 2 is 1.80 bits per heavy atom. The Morgan fingerprint density at radius 1 is 1.03 bits per heavy atom. The van der Waals surface area contributed by atoms with Crippen LogP contribution in [0, 0.1) is 6.92 Å². The fourth-order valence-corrected chi connectivity index (χ4v) is 3.97. The molecule has 6 nitrogen and oxygen atoms in total. The molecule has 35 heavy (non-hydrogen) atoms. The predicted octanol–water partition coefficient (Wildman–Crippen LogP) is 6.45. The Hall–Kier alpha value is -3.45. The van der Waals surface area contributed by atoms with Gasteiger partial charge in [-0.3, -0.25) is 4.79 Å². The molecule has 4 rings (SSSR count). The van der Waals surface area contributed by atoms with E-state index in [9.17, 15) is 4.79 Å². The van der Waals surface area contributed by atoms with Crippen molar-refractivity contribution in [2.24, 2.45) is 5.10 Å². The zero-order valence-electron chi connectivity index (χ0n) is 20.3. The maximum Gasteiger partial charge on any atom is 0.282 e. The third-order valence-electron chi connectivity index (χ3n) is 5.45. The molecule has 0 aliphatic rings. The second-order valence-electron chi connectivity index (χ2n) is 8.56. The molecule has 1 aromatic heterocycles. The number of fused-ring (bicyclic) bond motifs is 1. The normalized spacial score (nSPS) is 11.5. The van der Waals surface area contributed by atoms with Crippen molar-refractivity contribution < 1.29 is 9.47 Å². The van der Waals surface area contributed by atoms with Crippen molar-refractivity contribution in [2.45, 2.75) is 40.2 Å². The minimum absolute atomic E-state index is 0.0180. The molecule has 4 aromatic rings. The lowest BCUT2D eigenvalue weighted by atomic mass is 10.1. The smallest absolute Gasteiger partial charge is 0.282 e. The molecule has 7 heteroatoms. The van der Waals surface area contributed by atoms with Crippen LogP contribution in [-0.2, 0) is 6.61 Å². The fraction of sp³-hybridized carbons (Fsp3) is 0.250. The zero-order chi connectivity index (χ0) is 24.9. The fourth-order valence-electron chi connectivity index (χ4n) is 3.61.